The fourth-order valence-corrected chi connectivity index (χ4v) is 2.71. The van der Waals surface area contributed by atoms with Gasteiger partial charge in [0.25, 0.3) is 0 Å². The van der Waals surface area contributed by atoms with Crippen LogP contribution in [0.25, 0.3) is 0 Å². The molecule has 98 valence electrons. The highest BCUT2D eigenvalue weighted by molar-refractivity contribution is 5.85. The van der Waals surface area contributed by atoms with Crippen LogP contribution in [0, 0.1) is 12.8 Å². The van der Waals surface area contributed by atoms with Crippen LogP contribution >= 0.6 is 0 Å². The summed E-state index contributed by atoms with van der Waals surface area (Å²) in [5.41, 5.74) is 0.866. The van der Waals surface area contributed by atoms with Gasteiger partial charge in [0.15, 0.2) is 5.69 Å². The molecule has 0 unspecified atom stereocenters. The van der Waals surface area contributed by atoms with Gasteiger partial charge in [0.1, 0.15) is 5.82 Å². The number of aromatic nitrogens is 2. The summed E-state index contributed by atoms with van der Waals surface area (Å²) in [7, 11) is 0. The van der Waals surface area contributed by atoms with Crippen molar-refractivity contribution in [1.29, 1.82) is 0 Å². The third kappa shape index (κ3) is 2.86. The number of hydrogen-bond donors (Lipinski definition) is 1. The molecule has 4 heteroatoms. The summed E-state index contributed by atoms with van der Waals surface area (Å²) in [6, 6.07) is 1.53. The normalized spacial score (nSPS) is 23.9. The maximum Gasteiger partial charge on any atom is 0.354 e. The average Bonchev–Trinajstić information content (AvgIpc) is 2.38. The third-order valence-electron chi connectivity index (χ3n) is 3.88. The molecule has 1 aromatic rings. The van der Waals surface area contributed by atoms with Crippen LogP contribution in [0.3, 0.4) is 0 Å². The van der Waals surface area contributed by atoms with E-state index in [9.17, 15) is 4.79 Å². The highest BCUT2D eigenvalue weighted by Crippen LogP contribution is 2.35. The molecule has 1 N–H and O–H groups in total. The van der Waals surface area contributed by atoms with Crippen molar-refractivity contribution >= 4 is 5.97 Å². The van der Waals surface area contributed by atoms with Gasteiger partial charge in [0.2, 0.25) is 0 Å². The molecule has 0 spiro atoms. The lowest BCUT2D eigenvalue weighted by Crippen LogP contribution is -2.16. The molecule has 1 aliphatic carbocycles. The average molecular weight is 248 g/mol. The second-order valence-corrected chi connectivity index (χ2v) is 5.18. The predicted octanol–water partition coefficient (Wildman–Crippen LogP) is 3.17. The van der Waals surface area contributed by atoms with Crippen LogP contribution in [0.1, 0.15) is 67.0 Å². The largest absolute Gasteiger partial charge is 0.477 e. The zero-order valence-corrected chi connectivity index (χ0v) is 11.0. The smallest absolute Gasteiger partial charge is 0.354 e. The van der Waals surface area contributed by atoms with Gasteiger partial charge in [-0.1, -0.05) is 13.3 Å². The first-order valence-corrected chi connectivity index (χ1v) is 6.69. The van der Waals surface area contributed by atoms with Crippen molar-refractivity contribution in [3.8, 4) is 0 Å². The molecule has 18 heavy (non-hydrogen) atoms. The lowest BCUT2D eigenvalue weighted by atomic mass is 9.80. The Bertz CT molecular complexity index is 437. The first kappa shape index (κ1) is 13.0. The number of rotatable bonds is 3. The maximum absolute atomic E-state index is 11.0. The van der Waals surface area contributed by atoms with Crippen molar-refractivity contribution < 1.29 is 9.90 Å². The third-order valence-corrected chi connectivity index (χ3v) is 3.88. The standard InChI is InChI=1S/C14H20N2O2/c1-3-10-4-6-11(7-5-10)13-15-9(2)8-12(16-13)14(17)18/h8,10-11H,3-7H2,1-2H3,(H,17,18). The van der Waals surface area contributed by atoms with Crippen LogP contribution in [0.2, 0.25) is 0 Å². The first-order chi connectivity index (χ1) is 8.60. The lowest BCUT2D eigenvalue weighted by Gasteiger charge is -2.26. The van der Waals surface area contributed by atoms with Crippen LogP contribution in [0.4, 0.5) is 0 Å². The Balaban J connectivity index is 2.16. The van der Waals surface area contributed by atoms with Gasteiger partial charge < -0.3 is 5.11 Å². The van der Waals surface area contributed by atoms with E-state index < -0.39 is 5.97 Å². The summed E-state index contributed by atoms with van der Waals surface area (Å²) < 4.78 is 0. The van der Waals surface area contributed by atoms with Crippen LogP contribution < -0.4 is 0 Å². The van der Waals surface area contributed by atoms with Crippen LogP contribution in [0.5, 0.6) is 0 Å². The minimum atomic E-state index is -0.969. The molecule has 0 radical (unpaired) electrons. The number of carboxylic acids is 1. The Morgan fingerprint density at radius 2 is 2.00 bits per heavy atom. The molecule has 0 saturated heterocycles. The van der Waals surface area contributed by atoms with Crippen molar-refractivity contribution in [3.05, 3.63) is 23.3 Å². The Morgan fingerprint density at radius 1 is 1.33 bits per heavy atom. The zero-order valence-electron chi connectivity index (χ0n) is 11.0. The number of aryl methyl sites for hydroxylation is 1. The van der Waals surface area contributed by atoms with Crippen LogP contribution in [-0.2, 0) is 0 Å². The Morgan fingerprint density at radius 3 is 2.56 bits per heavy atom. The Labute approximate surface area is 107 Å². The highest BCUT2D eigenvalue weighted by atomic mass is 16.4. The number of aromatic carboxylic acids is 1. The van der Waals surface area contributed by atoms with Crippen molar-refractivity contribution in [2.45, 2.75) is 51.9 Å². The number of carbonyl (C=O) groups is 1. The molecule has 1 heterocycles. The van der Waals surface area contributed by atoms with Crippen molar-refractivity contribution in [1.82, 2.24) is 9.97 Å². The second kappa shape index (κ2) is 5.46. The van der Waals surface area contributed by atoms with Gasteiger partial charge in [-0.25, -0.2) is 14.8 Å². The number of hydrogen-bond acceptors (Lipinski definition) is 3. The van der Waals surface area contributed by atoms with Gasteiger partial charge >= 0.3 is 5.97 Å². The fraction of sp³-hybridized carbons (Fsp3) is 0.643. The van der Waals surface area contributed by atoms with E-state index in [1.165, 1.54) is 25.3 Å². The van der Waals surface area contributed by atoms with Gasteiger partial charge in [-0.05, 0) is 44.6 Å². The molecule has 0 amide bonds. The first-order valence-electron chi connectivity index (χ1n) is 6.69. The van der Waals surface area contributed by atoms with Crippen molar-refractivity contribution in [2.24, 2.45) is 5.92 Å². The highest BCUT2D eigenvalue weighted by Gasteiger charge is 2.24. The van der Waals surface area contributed by atoms with E-state index in [1.54, 1.807) is 0 Å². The molecule has 0 aromatic carbocycles. The van der Waals surface area contributed by atoms with Gasteiger partial charge in [-0.2, -0.15) is 0 Å². The second-order valence-electron chi connectivity index (χ2n) is 5.18. The minimum absolute atomic E-state index is 0.120. The molecule has 1 fully saturated rings. The van der Waals surface area contributed by atoms with Crippen molar-refractivity contribution in [2.75, 3.05) is 0 Å². The van der Waals surface area contributed by atoms with E-state index in [1.807, 2.05) is 6.92 Å². The molecular weight excluding hydrogens is 228 g/mol. The van der Waals surface area contributed by atoms with Crippen LogP contribution in [-0.4, -0.2) is 21.0 Å². The molecule has 1 saturated carbocycles. The zero-order chi connectivity index (χ0) is 13.1. The van der Waals surface area contributed by atoms with E-state index >= 15 is 0 Å². The van der Waals surface area contributed by atoms with Gasteiger partial charge in [0, 0.05) is 11.6 Å². The Kier molecular flexibility index (Phi) is 3.94. The fourth-order valence-electron chi connectivity index (χ4n) is 2.71. The maximum atomic E-state index is 11.0. The molecule has 4 nitrogen and oxygen atoms in total. The summed E-state index contributed by atoms with van der Waals surface area (Å²) in [4.78, 5) is 19.6. The summed E-state index contributed by atoms with van der Waals surface area (Å²) in [6.07, 6.45) is 5.82. The molecular formula is C14H20N2O2. The predicted molar refractivity (Wildman–Crippen MR) is 68.7 cm³/mol. The number of carboxylic acid groups (broad SMARTS) is 1. The lowest BCUT2D eigenvalue weighted by molar-refractivity contribution is 0.0689. The molecule has 0 aliphatic heterocycles. The Hall–Kier alpha value is -1.45. The monoisotopic (exact) mass is 248 g/mol. The summed E-state index contributed by atoms with van der Waals surface area (Å²) in [5.74, 6) is 0.918. The summed E-state index contributed by atoms with van der Waals surface area (Å²) in [6.45, 7) is 4.06. The van der Waals surface area contributed by atoms with Gasteiger partial charge in [-0.15, -0.1) is 0 Å². The van der Waals surface area contributed by atoms with E-state index in [2.05, 4.69) is 16.9 Å². The van der Waals surface area contributed by atoms with Crippen molar-refractivity contribution in [3.63, 3.8) is 0 Å². The molecule has 1 aliphatic rings. The topological polar surface area (TPSA) is 63.1 Å². The molecule has 0 bridgehead atoms. The van der Waals surface area contributed by atoms with E-state index in [0.717, 1.165) is 30.3 Å². The SMILES string of the molecule is CCC1CCC(c2nc(C)cc(C(=O)O)n2)CC1. The van der Waals surface area contributed by atoms with E-state index in [4.69, 9.17) is 5.11 Å². The number of nitrogens with zero attached hydrogens (tertiary/aromatic N) is 2. The molecule has 2 rings (SSSR count). The molecule has 1 aromatic heterocycles. The van der Waals surface area contributed by atoms with Gasteiger partial charge in [-0.3, -0.25) is 0 Å². The van der Waals surface area contributed by atoms with E-state index in [0.29, 0.717) is 5.92 Å². The van der Waals surface area contributed by atoms with E-state index in [-0.39, 0.29) is 5.69 Å². The minimum Gasteiger partial charge on any atom is -0.477 e. The van der Waals surface area contributed by atoms with Crippen LogP contribution in [0.15, 0.2) is 6.07 Å². The summed E-state index contributed by atoms with van der Waals surface area (Å²) >= 11 is 0. The summed E-state index contributed by atoms with van der Waals surface area (Å²) in [5, 5.41) is 9.02. The molecule has 0 atom stereocenters. The quantitative estimate of drug-likeness (QED) is 0.892. The van der Waals surface area contributed by atoms with Gasteiger partial charge in [0.05, 0.1) is 0 Å².